The summed E-state index contributed by atoms with van der Waals surface area (Å²) < 4.78 is 5.02. The van der Waals surface area contributed by atoms with Gasteiger partial charge in [0, 0.05) is 11.8 Å². The van der Waals surface area contributed by atoms with Gasteiger partial charge in [0.25, 0.3) is 0 Å². The number of methoxy groups -OCH3 is 1. The molecular formula is C15H15NO3. The molecule has 0 aliphatic heterocycles. The second-order valence-corrected chi connectivity index (χ2v) is 4.15. The molecule has 0 spiro atoms. The highest BCUT2D eigenvalue weighted by Crippen LogP contribution is 2.30. The van der Waals surface area contributed by atoms with Crippen LogP contribution in [0.1, 0.15) is 11.1 Å². The van der Waals surface area contributed by atoms with Gasteiger partial charge in [-0.1, -0.05) is 12.1 Å². The Morgan fingerprint density at radius 3 is 2.68 bits per heavy atom. The first-order valence-corrected chi connectivity index (χ1v) is 5.81. The number of benzene rings is 2. The predicted molar refractivity (Wildman–Crippen MR) is 74.8 cm³/mol. The molecular weight excluding hydrogens is 242 g/mol. The van der Waals surface area contributed by atoms with E-state index in [1.807, 2.05) is 6.92 Å². The third kappa shape index (κ3) is 2.85. The Kier molecular flexibility index (Phi) is 3.71. The van der Waals surface area contributed by atoms with E-state index in [1.54, 1.807) is 36.4 Å². The van der Waals surface area contributed by atoms with Crippen molar-refractivity contribution < 1.29 is 14.9 Å². The Balaban J connectivity index is 2.35. The van der Waals surface area contributed by atoms with Crippen LogP contribution < -0.4 is 4.74 Å². The van der Waals surface area contributed by atoms with Crippen LogP contribution >= 0.6 is 0 Å². The molecule has 0 saturated heterocycles. The van der Waals surface area contributed by atoms with Gasteiger partial charge in [-0.15, -0.1) is 0 Å². The number of hydrogen-bond donors (Lipinski definition) is 2. The lowest BCUT2D eigenvalue weighted by molar-refractivity contribution is 0.373. The van der Waals surface area contributed by atoms with Crippen molar-refractivity contribution in [2.75, 3.05) is 7.11 Å². The average Bonchev–Trinajstić information content (AvgIpc) is 2.41. The summed E-state index contributed by atoms with van der Waals surface area (Å²) in [6.45, 7) is 1.92. The monoisotopic (exact) mass is 257 g/mol. The molecule has 0 bridgehead atoms. The molecule has 0 saturated carbocycles. The zero-order valence-electron chi connectivity index (χ0n) is 10.8. The third-order valence-electron chi connectivity index (χ3n) is 2.72. The Morgan fingerprint density at radius 2 is 1.95 bits per heavy atom. The fraction of sp³-hybridized carbons (Fsp3) is 0.133. The lowest BCUT2D eigenvalue weighted by atomic mass is 10.2. The quantitative estimate of drug-likeness (QED) is 0.830. The van der Waals surface area contributed by atoms with Crippen molar-refractivity contribution in [2.45, 2.75) is 6.92 Å². The first-order valence-electron chi connectivity index (χ1n) is 5.81. The van der Waals surface area contributed by atoms with Gasteiger partial charge in [-0.05, 0) is 36.8 Å². The maximum absolute atomic E-state index is 9.91. The first kappa shape index (κ1) is 13.0. The summed E-state index contributed by atoms with van der Waals surface area (Å²) in [5.41, 5.74) is 1.99. The minimum absolute atomic E-state index is 0.0286. The Labute approximate surface area is 111 Å². The molecule has 0 aliphatic carbocycles. The van der Waals surface area contributed by atoms with E-state index in [9.17, 15) is 10.2 Å². The summed E-state index contributed by atoms with van der Waals surface area (Å²) in [6, 6.07) is 10.3. The van der Waals surface area contributed by atoms with E-state index in [4.69, 9.17) is 4.74 Å². The lowest BCUT2D eigenvalue weighted by Gasteiger charge is -2.05. The van der Waals surface area contributed by atoms with Crippen LogP contribution in [0.5, 0.6) is 17.2 Å². The van der Waals surface area contributed by atoms with Crippen LogP contribution in [0, 0.1) is 6.92 Å². The van der Waals surface area contributed by atoms with E-state index >= 15 is 0 Å². The fourth-order valence-electron chi connectivity index (χ4n) is 1.68. The number of aryl methyl sites for hydroxylation is 1. The summed E-state index contributed by atoms with van der Waals surface area (Å²) in [5.74, 6) is 0.516. The van der Waals surface area contributed by atoms with Crippen molar-refractivity contribution in [3.8, 4) is 17.2 Å². The maximum atomic E-state index is 9.91. The van der Waals surface area contributed by atoms with E-state index < -0.39 is 0 Å². The summed E-state index contributed by atoms with van der Waals surface area (Å²) in [4.78, 5) is 4.18. The average molecular weight is 257 g/mol. The van der Waals surface area contributed by atoms with Crippen LogP contribution in [0.4, 0.5) is 5.69 Å². The van der Waals surface area contributed by atoms with Gasteiger partial charge in [-0.3, -0.25) is 4.99 Å². The summed E-state index contributed by atoms with van der Waals surface area (Å²) >= 11 is 0. The van der Waals surface area contributed by atoms with Crippen molar-refractivity contribution in [1.82, 2.24) is 0 Å². The number of phenols is 2. The first-order chi connectivity index (χ1) is 9.11. The van der Waals surface area contributed by atoms with Gasteiger partial charge in [0.15, 0.2) is 11.5 Å². The number of aromatic hydroxyl groups is 2. The molecule has 19 heavy (non-hydrogen) atoms. The van der Waals surface area contributed by atoms with Crippen molar-refractivity contribution in [1.29, 1.82) is 0 Å². The molecule has 4 heteroatoms. The summed E-state index contributed by atoms with van der Waals surface area (Å²) in [5, 5.41) is 19.6. The Bertz CT molecular complexity index is 621. The molecule has 0 atom stereocenters. The summed E-state index contributed by atoms with van der Waals surface area (Å²) in [7, 11) is 1.49. The van der Waals surface area contributed by atoms with Gasteiger partial charge in [0.1, 0.15) is 11.4 Å². The molecule has 0 radical (unpaired) electrons. The molecule has 2 aromatic rings. The number of phenolic OH excluding ortho intramolecular Hbond substituents is 2. The number of rotatable bonds is 3. The van der Waals surface area contributed by atoms with Crippen molar-refractivity contribution in [3.05, 3.63) is 47.5 Å². The number of hydrogen-bond acceptors (Lipinski definition) is 4. The van der Waals surface area contributed by atoms with Crippen LogP contribution in [0.15, 0.2) is 41.4 Å². The normalized spacial score (nSPS) is 10.8. The third-order valence-corrected chi connectivity index (χ3v) is 2.72. The topological polar surface area (TPSA) is 62.0 Å². The molecule has 0 aromatic heterocycles. The highest BCUT2D eigenvalue weighted by atomic mass is 16.5. The molecule has 0 heterocycles. The highest BCUT2D eigenvalue weighted by Gasteiger charge is 2.05. The zero-order chi connectivity index (χ0) is 13.8. The molecule has 0 aliphatic rings. The van der Waals surface area contributed by atoms with Crippen molar-refractivity contribution in [2.24, 2.45) is 4.99 Å². The van der Waals surface area contributed by atoms with Gasteiger partial charge in [-0.2, -0.15) is 0 Å². The maximum Gasteiger partial charge on any atom is 0.166 e. The van der Waals surface area contributed by atoms with E-state index in [0.717, 1.165) is 5.56 Å². The highest BCUT2D eigenvalue weighted by molar-refractivity contribution is 5.87. The van der Waals surface area contributed by atoms with Crippen LogP contribution in [0.3, 0.4) is 0 Å². The molecule has 2 aromatic carbocycles. The van der Waals surface area contributed by atoms with Gasteiger partial charge in [0.05, 0.1) is 7.11 Å². The van der Waals surface area contributed by atoms with E-state index in [2.05, 4.69) is 4.99 Å². The van der Waals surface area contributed by atoms with Crippen LogP contribution in [0.2, 0.25) is 0 Å². The van der Waals surface area contributed by atoms with Crippen LogP contribution in [-0.4, -0.2) is 23.5 Å². The molecule has 98 valence electrons. The molecule has 2 rings (SSSR count). The van der Waals surface area contributed by atoms with Gasteiger partial charge in [-0.25, -0.2) is 0 Å². The van der Waals surface area contributed by atoms with Crippen LogP contribution in [-0.2, 0) is 0 Å². The van der Waals surface area contributed by atoms with E-state index in [0.29, 0.717) is 17.0 Å². The number of para-hydroxylation sites is 1. The van der Waals surface area contributed by atoms with Gasteiger partial charge < -0.3 is 14.9 Å². The minimum atomic E-state index is 0.0286. The van der Waals surface area contributed by atoms with Crippen molar-refractivity contribution >= 4 is 11.9 Å². The van der Waals surface area contributed by atoms with Crippen molar-refractivity contribution in [3.63, 3.8) is 0 Å². The van der Waals surface area contributed by atoms with Gasteiger partial charge in [0.2, 0.25) is 0 Å². The molecule has 4 nitrogen and oxygen atoms in total. The van der Waals surface area contributed by atoms with Gasteiger partial charge >= 0.3 is 0 Å². The standard InChI is InChI=1S/C15H15NO3/c1-10-6-7-13(17)12(8-10)16-9-11-4-3-5-14(19-2)15(11)18/h3-9,17-18H,1-2H3. The van der Waals surface area contributed by atoms with Crippen LogP contribution in [0.25, 0.3) is 0 Å². The fourth-order valence-corrected chi connectivity index (χ4v) is 1.68. The Morgan fingerprint density at radius 1 is 1.16 bits per heavy atom. The molecule has 0 unspecified atom stereocenters. The second kappa shape index (κ2) is 5.44. The zero-order valence-corrected chi connectivity index (χ0v) is 10.8. The Hall–Kier alpha value is -2.49. The molecule has 2 N–H and O–H groups in total. The van der Waals surface area contributed by atoms with E-state index in [-0.39, 0.29) is 11.5 Å². The largest absolute Gasteiger partial charge is 0.506 e. The minimum Gasteiger partial charge on any atom is -0.506 e. The number of aliphatic imine (C=N–C) groups is 1. The number of nitrogens with zero attached hydrogens (tertiary/aromatic N) is 1. The SMILES string of the molecule is COc1cccc(C=Nc2cc(C)ccc2O)c1O. The second-order valence-electron chi connectivity index (χ2n) is 4.15. The lowest BCUT2D eigenvalue weighted by Crippen LogP contribution is -1.88. The molecule has 0 amide bonds. The van der Waals surface area contributed by atoms with E-state index in [1.165, 1.54) is 13.3 Å². The smallest absolute Gasteiger partial charge is 0.166 e. The summed E-state index contributed by atoms with van der Waals surface area (Å²) in [6.07, 6.45) is 1.49. The number of ether oxygens (including phenoxy) is 1. The molecule has 0 fully saturated rings. The predicted octanol–water partition coefficient (Wildman–Crippen LogP) is 3.17.